The number of H-pyrrole nitrogens is 1. The number of nitrogens with one attached hydrogen (secondary N) is 2. The Morgan fingerprint density at radius 2 is 2.25 bits per heavy atom. The van der Waals surface area contributed by atoms with E-state index in [1.54, 1.807) is 20.0 Å². The second-order valence-electron chi connectivity index (χ2n) is 8.12. The lowest BCUT2D eigenvalue weighted by atomic mass is 9.75. The molecular formula is C19H27N5O4. The maximum absolute atomic E-state index is 12.4. The van der Waals surface area contributed by atoms with Gasteiger partial charge in [-0.2, -0.15) is 0 Å². The standard InChI is InChI=1S/C19H27N5O4/c1-13-22-14(10-27-13)17(25)23-15-11-28-19(12-18(15,2)26)3-7-24(8-4-19)9-16-20-5-6-21-16/h5-6,10,15,26H,3-4,7-9,11-12H2,1-2H3,(H,20,21)(H,23,25)/t15-,18-/m0/s1. The zero-order valence-electron chi connectivity index (χ0n) is 16.3. The number of carbonyl (C=O) groups excluding carboxylic acids is 1. The number of likely N-dealkylation sites (tertiary alicyclic amines) is 1. The number of hydrogen-bond acceptors (Lipinski definition) is 7. The van der Waals surface area contributed by atoms with Crippen LogP contribution in [0.2, 0.25) is 0 Å². The molecule has 1 spiro atoms. The minimum absolute atomic E-state index is 0.208. The van der Waals surface area contributed by atoms with Crippen LogP contribution in [0.4, 0.5) is 0 Å². The fourth-order valence-electron chi connectivity index (χ4n) is 4.20. The first-order valence-corrected chi connectivity index (χ1v) is 9.65. The van der Waals surface area contributed by atoms with E-state index in [-0.39, 0.29) is 23.8 Å². The molecule has 2 saturated heterocycles. The Morgan fingerprint density at radius 3 is 2.86 bits per heavy atom. The number of amides is 1. The third-order valence-electron chi connectivity index (χ3n) is 5.84. The molecule has 2 aromatic rings. The van der Waals surface area contributed by atoms with Crippen LogP contribution in [-0.2, 0) is 11.3 Å². The molecule has 3 N–H and O–H groups in total. The zero-order chi connectivity index (χ0) is 19.8. The van der Waals surface area contributed by atoms with E-state index in [0.717, 1.165) is 38.3 Å². The first-order valence-electron chi connectivity index (χ1n) is 9.65. The molecule has 1 amide bonds. The third-order valence-corrected chi connectivity index (χ3v) is 5.84. The van der Waals surface area contributed by atoms with Crippen LogP contribution in [0.5, 0.6) is 0 Å². The van der Waals surface area contributed by atoms with Crippen LogP contribution >= 0.6 is 0 Å². The van der Waals surface area contributed by atoms with Gasteiger partial charge in [-0.25, -0.2) is 9.97 Å². The smallest absolute Gasteiger partial charge is 0.273 e. The number of carbonyl (C=O) groups is 1. The molecule has 9 nitrogen and oxygen atoms in total. The van der Waals surface area contributed by atoms with Gasteiger partial charge < -0.3 is 24.6 Å². The van der Waals surface area contributed by atoms with E-state index in [2.05, 4.69) is 25.2 Å². The molecule has 2 atom stereocenters. The summed E-state index contributed by atoms with van der Waals surface area (Å²) in [6, 6.07) is -0.497. The van der Waals surface area contributed by atoms with Gasteiger partial charge in [0.05, 0.1) is 30.4 Å². The summed E-state index contributed by atoms with van der Waals surface area (Å²) in [7, 11) is 0. The van der Waals surface area contributed by atoms with E-state index in [1.807, 2.05) is 6.20 Å². The monoisotopic (exact) mass is 389 g/mol. The minimum atomic E-state index is -1.06. The van der Waals surface area contributed by atoms with Crippen molar-refractivity contribution in [1.82, 2.24) is 25.2 Å². The number of aliphatic hydroxyl groups is 1. The minimum Gasteiger partial charge on any atom is -0.448 e. The highest BCUT2D eigenvalue weighted by Crippen LogP contribution is 2.39. The molecular weight excluding hydrogens is 362 g/mol. The fourth-order valence-corrected chi connectivity index (χ4v) is 4.20. The van der Waals surface area contributed by atoms with Crippen molar-refractivity contribution < 1.29 is 19.1 Å². The molecule has 28 heavy (non-hydrogen) atoms. The Morgan fingerprint density at radius 1 is 1.46 bits per heavy atom. The van der Waals surface area contributed by atoms with E-state index in [0.29, 0.717) is 12.3 Å². The average Bonchev–Trinajstić information content (AvgIpc) is 3.31. The summed E-state index contributed by atoms with van der Waals surface area (Å²) < 4.78 is 11.3. The molecule has 2 fully saturated rings. The highest BCUT2D eigenvalue weighted by atomic mass is 16.5. The highest BCUT2D eigenvalue weighted by Gasteiger charge is 2.49. The molecule has 0 unspecified atom stereocenters. The van der Waals surface area contributed by atoms with Gasteiger partial charge >= 0.3 is 0 Å². The molecule has 9 heteroatoms. The van der Waals surface area contributed by atoms with Crippen molar-refractivity contribution in [3.05, 3.63) is 36.1 Å². The number of nitrogens with zero attached hydrogens (tertiary/aromatic N) is 3. The highest BCUT2D eigenvalue weighted by molar-refractivity contribution is 5.92. The van der Waals surface area contributed by atoms with Gasteiger partial charge in [0.2, 0.25) is 0 Å². The molecule has 0 saturated carbocycles. The van der Waals surface area contributed by atoms with Crippen molar-refractivity contribution in [1.29, 1.82) is 0 Å². The van der Waals surface area contributed by atoms with E-state index in [4.69, 9.17) is 9.15 Å². The number of ether oxygens (including phenoxy) is 1. The number of piperidine rings is 1. The summed E-state index contributed by atoms with van der Waals surface area (Å²) in [5, 5.41) is 13.9. The van der Waals surface area contributed by atoms with Gasteiger partial charge in [-0.15, -0.1) is 0 Å². The molecule has 2 aromatic heterocycles. The van der Waals surface area contributed by atoms with Crippen LogP contribution in [0.1, 0.15) is 48.4 Å². The van der Waals surface area contributed by atoms with Crippen LogP contribution in [0.25, 0.3) is 0 Å². The largest absolute Gasteiger partial charge is 0.448 e. The Bertz CT molecular complexity index is 808. The number of imidazole rings is 1. The van der Waals surface area contributed by atoms with E-state index >= 15 is 0 Å². The maximum atomic E-state index is 12.4. The molecule has 0 radical (unpaired) electrons. The Kier molecular flexibility index (Phi) is 4.98. The summed E-state index contributed by atoms with van der Waals surface area (Å²) in [4.78, 5) is 26.1. The predicted octanol–water partition coefficient (Wildman–Crippen LogP) is 1.01. The summed E-state index contributed by atoms with van der Waals surface area (Å²) in [5.41, 5.74) is -1.20. The van der Waals surface area contributed by atoms with Crippen molar-refractivity contribution in [2.24, 2.45) is 0 Å². The normalized spacial score (nSPS) is 27.8. The molecule has 2 aliphatic heterocycles. The lowest BCUT2D eigenvalue weighted by Gasteiger charge is -2.51. The summed E-state index contributed by atoms with van der Waals surface area (Å²) in [6.45, 7) is 6.27. The second-order valence-corrected chi connectivity index (χ2v) is 8.12. The van der Waals surface area contributed by atoms with Crippen molar-refractivity contribution in [2.75, 3.05) is 19.7 Å². The third kappa shape index (κ3) is 3.96. The molecule has 0 bridgehead atoms. The van der Waals surface area contributed by atoms with Gasteiger partial charge in [-0.3, -0.25) is 9.69 Å². The van der Waals surface area contributed by atoms with Crippen LogP contribution in [0.15, 0.2) is 23.1 Å². The average molecular weight is 389 g/mol. The van der Waals surface area contributed by atoms with Crippen molar-refractivity contribution in [2.45, 2.75) is 56.9 Å². The summed E-state index contributed by atoms with van der Waals surface area (Å²) >= 11 is 0. The summed E-state index contributed by atoms with van der Waals surface area (Å²) in [6.07, 6.45) is 7.07. The Balaban J connectivity index is 1.34. The Hall–Kier alpha value is -2.23. The van der Waals surface area contributed by atoms with Gasteiger partial charge in [0.1, 0.15) is 12.1 Å². The lowest BCUT2D eigenvalue weighted by Crippen LogP contribution is -2.63. The van der Waals surface area contributed by atoms with E-state index in [1.165, 1.54) is 6.26 Å². The number of rotatable bonds is 4. The van der Waals surface area contributed by atoms with E-state index in [9.17, 15) is 9.90 Å². The van der Waals surface area contributed by atoms with Gasteiger partial charge in [-0.1, -0.05) is 0 Å². The van der Waals surface area contributed by atoms with Gasteiger partial charge in [0.15, 0.2) is 11.6 Å². The maximum Gasteiger partial charge on any atom is 0.273 e. The van der Waals surface area contributed by atoms with Crippen LogP contribution < -0.4 is 5.32 Å². The number of oxazole rings is 1. The van der Waals surface area contributed by atoms with Gasteiger partial charge in [-0.05, 0) is 19.8 Å². The first kappa shape index (κ1) is 19.1. The van der Waals surface area contributed by atoms with Gasteiger partial charge in [0.25, 0.3) is 5.91 Å². The SMILES string of the molecule is Cc1nc(C(=O)N[C@H]2COC3(CCN(Cc4ncc[nH]4)CC3)C[C@]2(C)O)co1. The van der Waals surface area contributed by atoms with Crippen molar-refractivity contribution in [3.63, 3.8) is 0 Å². The first-order chi connectivity index (χ1) is 13.4. The Labute approximate surface area is 163 Å². The van der Waals surface area contributed by atoms with Crippen molar-refractivity contribution in [3.8, 4) is 0 Å². The molecule has 152 valence electrons. The predicted molar refractivity (Wildman–Crippen MR) is 99.5 cm³/mol. The number of aryl methyl sites for hydroxylation is 1. The second kappa shape index (κ2) is 7.31. The number of hydrogen-bond donors (Lipinski definition) is 3. The van der Waals surface area contributed by atoms with Gasteiger partial charge in [0, 0.05) is 38.8 Å². The van der Waals surface area contributed by atoms with E-state index < -0.39 is 11.6 Å². The topological polar surface area (TPSA) is 117 Å². The molecule has 4 rings (SSSR count). The quantitative estimate of drug-likeness (QED) is 0.714. The fraction of sp³-hybridized carbons (Fsp3) is 0.632. The summed E-state index contributed by atoms with van der Waals surface area (Å²) in [5.74, 6) is 1.02. The zero-order valence-corrected chi connectivity index (χ0v) is 16.3. The van der Waals surface area contributed by atoms with Crippen LogP contribution in [-0.4, -0.2) is 67.8 Å². The lowest BCUT2D eigenvalue weighted by molar-refractivity contribution is -0.186. The number of aromatic nitrogens is 3. The molecule has 2 aliphatic rings. The number of aromatic amines is 1. The van der Waals surface area contributed by atoms with Crippen LogP contribution in [0.3, 0.4) is 0 Å². The van der Waals surface area contributed by atoms with Crippen LogP contribution in [0, 0.1) is 6.92 Å². The molecule has 0 aliphatic carbocycles. The molecule has 4 heterocycles. The molecule has 0 aromatic carbocycles. The van der Waals surface area contributed by atoms with Crippen molar-refractivity contribution >= 4 is 5.91 Å².